The highest BCUT2D eigenvalue weighted by atomic mass is 15.2. The molecule has 19 heavy (non-hydrogen) atoms. The van der Waals surface area contributed by atoms with Crippen LogP contribution in [0.4, 0.5) is 0 Å². The Labute approximate surface area is 116 Å². The van der Waals surface area contributed by atoms with E-state index in [2.05, 4.69) is 26.6 Å². The zero-order valence-electron chi connectivity index (χ0n) is 11.8. The minimum atomic E-state index is 1.05. The molecule has 1 aromatic heterocycles. The highest BCUT2D eigenvalue weighted by molar-refractivity contribution is 5.08. The number of piperazine rings is 1. The zero-order valence-corrected chi connectivity index (χ0v) is 11.8. The van der Waals surface area contributed by atoms with Gasteiger partial charge in [-0.2, -0.15) is 0 Å². The molecule has 1 saturated heterocycles. The number of nitrogens with zero attached hydrogens (tertiary/aromatic N) is 2. The van der Waals surface area contributed by atoms with Crippen molar-refractivity contribution < 1.29 is 0 Å². The first-order valence-corrected chi connectivity index (χ1v) is 7.48. The van der Waals surface area contributed by atoms with E-state index >= 15 is 0 Å². The molecule has 1 aliphatic rings. The summed E-state index contributed by atoms with van der Waals surface area (Å²) in [5, 5.41) is 6.90. The third-order valence-corrected chi connectivity index (χ3v) is 3.60. The molecule has 1 fully saturated rings. The van der Waals surface area contributed by atoms with E-state index < -0.39 is 0 Å². The van der Waals surface area contributed by atoms with Gasteiger partial charge in [-0.1, -0.05) is 6.07 Å². The van der Waals surface area contributed by atoms with Crippen LogP contribution in [0, 0.1) is 0 Å². The van der Waals surface area contributed by atoms with Crippen molar-refractivity contribution in [3.8, 4) is 0 Å². The van der Waals surface area contributed by atoms with E-state index in [-0.39, 0.29) is 0 Å². The average molecular weight is 262 g/mol. The lowest BCUT2D eigenvalue weighted by Crippen LogP contribution is -2.43. The van der Waals surface area contributed by atoms with Crippen LogP contribution in [0.15, 0.2) is 24.5 Å². The predicted octanol–water partition coefficient (Wildman–Crippen LogP) is 0.899. The number of hydrogen-bond donors (Lipinski definition) is 2. The van der Waals surface area contributed by atoms with Gasteiger partial charge in [0.2, 0.25) is 0 Å². The van der Waals surface area contributed by atoms with Gasteiger partial charge in [0.05, 0.1) is 0 Å². The smallest absolute Gasteiger partial charge is 0.0300 e. The minimum Gasteiger partial charge on any atom is -0.316 e. The fourth-order valence-corrected chi connectivity index (χ4v) is 2.42. The number of aromatic nitrogens is 1. The summed E-state index contributed by atoms with van der Waals surface area (Å²) >= 11 is 0. The van der Waals surface area contributed by atoms with Crippen molar-refractivity contribution in [3.63, 3.8) is 0 Å². The van der Waals surface area contributed by atoms with Crippen molar-refractivity contribution in [2.45, 2.75) is 19.3 Å². The van der Waals surface area contributed by atoms with Crippen LogP contribution in [-0.4, -0.2) is 55.7 Å². The molecule has 0 spiro atoms. The highest BCUT2D eigenvalue weighted by Crippen LogP contribution is 1.98. The lowest BCUT2D eigenvalue weighted by molar-refractivity contribution is 0.236. The number of pyridine rings is 1. The van der Waals surface area contributed by atoms with Crippen molar-refractivity contribution in [2.24, 2.45) is 0 Å². The van der Waals surface area contributed by atoms with Gasteiger partial charge in [-0.15, -0.1) is 0 Å². The molecule has 106 valence electrons. The minimum absolute atomic E-state index is 1.05. The quantitative estimate of drug-likeness (QED) is 0.683. The van der Waals surface area contributed by atoms with Crippen molar-refractivity contribution in [1.82, 2.24) is 20.5 Å². The molecular formula is C15H26N4. The Morgan fingerprint density at radius 3 is 2.89 bits per heavy atom. The molecule has 2 N–H and O–H groups in total. The van der Waals surface area contributed by atoms with Crippen molar-refractivity contribution in [3.05, 3.63) is 30.1 Å². The second-order valence-corrected chi connectivity index (χ2v) is 5.16. The molecule has 1 aliphatic heterocycles. The molecule has 0 aromatic carbocycles. The van der Waals surface area contributed by atoms with Gasteiger partial charge in [-0.05, 0) is 50.5 Å². The lowest BCUT2D eigenvalue weighted by atomic mass is 10.2. The van der Waals surface area contributed by atoms with E-state index in [1.807, 2.05) is 18.5 Å². The first-order chi connectivity index (χ1) is 9.45. The number of nitrogens with one attached hydrogen (secondary N) is 2. The zero-order chi connectivity index (χ0) is 13.2. The maximum atomic E-state index is 4.13. The Morgan fingerprint density at radius 1 is 1.21 bits per heavy atom. The summed E-state index contributed by atoms with van der Waals surface area (Å²) in [6, 6.07) is 4.14. The average Bonchev–Trinajstić information content (AvgIpc) is 2.48. The van der Waals surface area contributed by atoms with Crippen LogP contribution in [0.5, 0.6) is 0 Å². The maximum absolute atomic E-state index is 4.13. The van der Waals surface area contributed by atoms with E-state index in [9.17, 15) is 0 Å². The molecule has 2 rings (SSSR count). The SMILES string of the molecule is c1cncc(CCNCCCCN2CCNCC2)c1. The van der Waals surface area contributed by atoms with E-state index in [1.54, 1.807) is 0 Å². The monoisotopic (exact) mass is 262 g/mol. The Morgan fingerprint density at radius 2 is 2.11 bits per heavy atom. The number of unbranched alkanes of at least 4 members (excludes halogenated alkanes) is 1. The van der Waals surface area contributed by atoms with Gasteiger partial charge in [0.25, 0.3) is 0 Å². The van der Waals surface area contributed by atoms with E-state index in [1.165, 1.54) is 38.0 Å². The summed E-state index contributed by atoms with van der Waals surface area (Å²) in [4.78, 5) is 6.69. The summed E-state index contributed by atoms with van der Waals surface area (Å²) in [6.07, 6.45) is 7.43. The van der Waals surface area contributed by atoms with Crippen molar-refractivity contribution in [1.29, 1.82) is 0 Å². The summed E-state index contributed by atoms with van der Waals surface area (Å²) in [5.74, 6) is 0. The van der Waals surface area contributed by atoms with Crippen LogP contribution in [-0.2, 0) is 6.42 Å². The highest BCUT2D eigenvalue weighted by Gasteiger charge is 2.07. The van der Waals surface area contributed by atoms with Crippen LogP contribution in [0.25, 0.3) is 0 Å². The first kappa shape index (κ1) is 14.4. The number of hydrogen-bond acceptors (Lipinski definition) is 4. The van der Waals surface area contributed by atoms with Gasteiger partial charge < -0.3 is 15.5 Å². The van der Waals surface area contributed by atoms with Crippen LogP contribution in [0.3, 0.4) is 0 Å². The third-order valence-electron chi connectivity index (χ3n) is 3.60. The Hall–Kier alpha value is -0.970. The molecule has 0 bridgehead atoms. The van der Waals surface area contributed by atoms with Crippen LogP contribution in [0.1, 0.15) is 18.4 Å². The molecular weight excluding hydrogens is 236 g/mol. The summed E-state index contributed by atoms with van der Waals surface area (Å²) in [6.45, 7) is 8.19. The largest absolute Gasteiger partial charge is 0.316 e. The lowest BCUT2D eigenvalue weighted by Gasteiger charge is -2.27. The predicted molar refractivity (Wildman–Crippen MR) is 79.4 cm³/mol. The van der Waals surface area contributed by atoms with Gasteiger partial charge >= 0.3 is 0 Å². The third kappa shape index (κ3) is 6.14. The van der Waals surface area contributed by atoms with E-state index in [0.717, 1.165) is 32.6 Å². The van der Waals surface area contributed by atoms with E-state index in [0.29, 0.717) is 0 Å². The summed E-state index contributed by atoms with van der Waals surface area (Å²) in [7, 11) is 0. The van der Waals surface area contributed by atoms with Crippen LogP contribution < -0.4 is 10.6 Å². The maximum Gasteiger partial charge on any atom is 0.0300 e. The fraction of sp³-hybridized carbons (Fsp3) is 0.667. The Balaban J connectivity index is 1.42. The summed E-state index contributed by atoms with van der Waals surface area (Å²) in [5.41, 5.74) is 1.32. The molecule has 0 unspecified atom stereocenters. The van der Waals surface area contributed by atoms with Crippen molar-refractivity contribution >= 4 is 0 Å². The van der Waals surface area contributed by atoms with Gasteiger partial charge in [0.15, 0.2) is 0 Å². The second-order valence-electron chi connectivity index (χ2n) is 5.16. The van der Waals surface area contributed by atoms with Gasteiger partial charge in [-0.3, -0.25) is 4.98 Å². The molecule has 0 aliphatic carbocycles. The van der Waals surface area contributed by atoms with Crippen molar-refractivity contribution in [2.75, 3.05) is 45.8 Å². The molecule has 0 atom stereocenters. The second kappa shape index (κ2) is 9.02. The molecule has 4 nitrogen and oxygen atoms in total. The molecule has 0 amide bonds. The fourth-order valence-electron chi connectivity index (χ4n) is 2.42. The Bertz CT molecular complexity index is 322. The molecule has 0 saturated carbocycles. The molecule has 0 radical (unpaired) electrons. The Kier molecular flexibility index (Phi) is 6.85. The van der Waals surface area contributed by atoms with Gasteiger partial charge in [-0.25, -0.2) is 0 Å². The molecule has 1 aromatic rings. The normalized spacial score (nSPS) is 16.6. The van der Waals surface area contributed by atoms with Crippen LogP contribution in [0.2, 0.25) is 0 Å². The topological polar surface area (TPSA) is 40.2 Å². The van der Waals surface area contributed by atoms with E-state index in [4.69, 9.17) is 0 Å². The summed E-state index contributed by atoms with van der Waals surface area (Å²) < 4.78 is 0. The standard InChI is InChI=1S/C15H26N4/c1(2-11-19-12-9-17-10-13-19)6-16-8-5-15-4-3-7-18-14-15/h3-4,7,14,16-17H,1-2,5-6,8-13H2. The first-order valence-electron chi connectivity index (χ1n) is 7.48. The number of rotatable bonds is 8. The van der Waals surface area contributed by atoms with Gasteiger partial charge in [0.1, 0.15) is 0 Å². The van der Waals surface area contributed by atoms with Gasteiger partial charge in [0, 0.05) is 38.6 Å². The molecule has 4 heteroatoms. The molecule has 2 heterocycles. The van der Waals surface area contributed by atoms with Crippen LogP contribution >= 0.6 is 0 Å².